The molecule has 1 amide bonds. The summed E-state index contributed by atoms with van der Waals surface area (Å²) in [5, 5.41) is 12.3. The van der Waals surface area contributed by atoms with Crippen LogP contribution in [-0.4, -0.2) is 22.5 Å². The lowest BCUT2D eigenvalue weighted by Gasteiger charge is -2.17. The van der Waals surface area contributed by atoms with Gasteiger partial charge in [-0.15, -0.1) is 0 Å². The van der Waals surface area contributed by atoms with E-state index in [2.05, 4.69) is 0 Å². The maximum Gasteiger partial charge on any atom is 0.275 e. The highest BCUT2D eigenvalue weighted by molar-refractivity contribution is 6.31. The van der Waals surface area contributed by atoms with Gasteiger partial charge in [-0.25, -0.2) is 5.06 Å². The molecule has 1 saturated heterocycles. The zero-order chi connectivity index (χ0) is 14.2. The number of amides is 1. The molecular weight excluding hydrogens is 272 g/mol. The molecule has 7 heteroatoms. The highest BCUT2D eigenvalue weighted by atomic mass is 35.5. The van der Waals surface area contributed by atoms with Gasteiger partial charge < -0.3 is 0 Å². The van der Waals surface area contributed by atoms with Crippen molar-refractivity contribution in [2.45, 2.75) is 20.4 Å². The van der Waals surface area contributed by atoms with Crippen LogP contribution < -0.4 is 0 Å². The average Bonchev–Trinajstić information content (AvgIpc) is 2.58. The molecule has 1 fully saturated rings. The van der Waals surface area contributed by atoms with Gasteiger partial charge in [-0.05, 0) is 19.9 Å². The Hall–Kier alpha value is -1.66. The number of rotatable bonds is 3. The Labute approximate surface area is 115 Å². The second kappa shape index (κ2) is 4.79. The van der Waals surface area contributed by atoms with Crippen LogP contribution in [0.2, 0.25) is 5.02 Å². The van der Waals surface area contributed by atoms with E-state index >= 15 is 0 Å². The van der Waals surface area contributed by atoms with Crippen molar-refractivity contribution in [3.63, 3.8) is 0 Å². The Morgan fingerprint density at radius 1 is 1.53 bits per heavy atom. The molecule has 1 heterocycles. The number of benzene rings is 1. The molecule has 0 aromatic heterocycles. The number of halogens is 1. The van der Waals surface area contributed by atoms with Crippen LogP contribution in [0.3, 0.4) is 0 Å². The minimum atomic E-state index is -0.615. The van der Waals surface area contributed by atoms with E-state index < -0.39 is 10.3 Å². The van der Waals surface area contributed by atoms with Crippen molar-refractivity contribution in [2.24, 2.45) is 5.41 Å². The Kier molecular flexibility index (Phi) is 3.47. The molecule has 1 aromatic carbocycles. The standard InChI is InChI=1S/C12H13ClN2O4/c1-12(2)7-19-14(11(12)16)6-8-9(13)4-3-5-10(8)15(17)18/h3-5H,6-7H2,1-2H3. The van der Waals surface area contributed by atoms with Gasteiger partial charge in [-0.3, -0.25) is 19.7 Å². The first kappa shape index (κ1) is 13.8. The molecule has 102 valence electrons. The Morgan fingerprint density at radius 2 is 2.21 bits per heavy atom. The molecular formula is C12H13ClN2O4. The number of hydroxylamine groups is 2. The van der Waals surface area contributed by atoms with Gasteiger partial charge in [-0.2, -0.15) is 0 Å². The number of hydrogen-bond donors (Lipinski definition) is 0. The molecule has 1 aliphatic rings. The predicted molar refractivity (Wildman–Crippen MR) is 68.4 cm³/mol. The second-order valence-electron chi connectivity index (χ2n) is 4.99. The Balaban J connectivity index is 2.30. The molecule has 0 unspecified atom stereocenters. The fourth-order valence-electron chi connectivity index (χ4n) is 1.83. The largest absolute Gasteiger partial charge is 0.275 e. The molecule has 19 heavy (non-hydrogen) atoms. The van der Waals surface area contributed by atoms with Crippen molar-refractivity contribution < 1.29 is 14.6 Å². The summed E-state index contributed by atoms with van der Waals surface area (Å²) in [7, 11) is 0. The third-order valence-electron chi connectivity index (χ3n) is 2.98. The summed E-state index contributed by atoms with van der Waals surface area (Å²) in [6, 6.07) is 4.41. The van der Waals surface area contributed by atoms with E-state index in [1.54, 1.807) is 19.9 Å². The second-order valence-corrected chi connectivity index (χ2v) is 5.40. The van der Waals surface area contributed by atoms with Crippen LogP contribution >= 0.6 is 11.6 Å². The first-order chi connectivity index (χ1) is 8.83. The third-order valence-corrected chi connectivity index (χ3v) is 3.33. The van der Waals surface area contributed by atoms with E-state index in [1.165, 1.54) is 12.1 Å². The fourth-order valence-corrected chi connectivity index (χ4v) is 2.06. The first-order valence-corrected chi connectivity index (χ1v) is 6.07. The molecule has 2 rings (SSSR count). The van der Waals surface area contributed by atoms with Crippen LogP contribution in [0.25, 0.3) is 0 Å². The van der Waals surface area contributed by atoms with Gasteiger partial charge in [0.2, 0.25) is 0 Å². The van der Waals surface area contributed by atoms with E-state index in [0.29, 0.717) is 0 Å². The number of hydrogen-bond acceptors (Lipinski definition) is 4. The minimum Gasteiger partial charge on any atom is -0.272 e. The average molecular weight is 285 g/mol. The van der Waals surface area contributed by atoms with Gasteiger partial charge in [0.15, 0.2) is 0 Å². The molecule has 0 bridgehead atoms. The Bertz CT molecular complexity index is 545. The van der Waals surface area contributed by atoms with Crippen molar-refractivity contribution in [3.05, 3.63) is 38.9 Å². The monoisotopic (exact) mass is 284 g/mol. The Morgan fingerprint density at radius 3 is 2.74 bits per heavy atom. The van der Waals surface area contributed by atoms with Gasteiger partial charge in [0.25, 0.3) is 11.6 Å². The normalized spacial score (nSPS) is 17.8. The van der Waals surface area contributed by atoms with Crippen molar-refractivity contribution in [3.8, 4) is 0 Å². The lowest BCUT2D eigenvalue weighted by Crippen LogP contribution is -2.30. The zero-order valence-electron chi connectivity index (χ0n) is 10.6. The molecule has 0 spiro atoms. The number of nitro benzene ring substituents is 1. The molecule has 0 radical (unpaired) electrons. The maximum absolute atomic E-state index is 12.0. The SMILES string of the molecule is CC1(C)CON(Cc2c(Cl)cccc2[N+](=O)[O-])C1=O. The van der Waals surface area contributed by atoms with E-state index in [0.717, 1.165) is 5.06 Å². The summed E-state index contributed by atoms with van der Waals surface area (Å²) < 4.78 is 0. The van der Waals surface area contributed by atoms with Crippen LogP contribution in [0.15, 0.2) is 18.2 Å². The summed E-state index contributed by atoms with van der Waals surface area (Å²) in [6.45, 7) is 3.75. The van der Waals surface area contributed by atoms with E-state index in [4.69, 9.17) is 16.4 Å². The fraction of sp³-hybridized carbons (Fsp3) is 0.417. The number of nitro groups is 1. The van der Waals surface area contributed by atoms with Crippen molar-refractivity contribution >= 4 is 23.2 Å². The van der Waals surface area contributed by atoms with Gasteiger partial charge in [0.05, 0.1) is 34.1 Å². The van der Waals surface area contributed by atoms with Crippen LogP contribution in [0.4, 0.5) is 5.69 Å². The maximum atomic E-state index is 12.0. The van der Waals surface area contributed by atoms with Crippen molar-refractivity contribution in [1.29, 1.82) is 0 Å². The lowest BCUT2D eigenvalue weighted by molar-refractivity contribution is -0.385. The van der Waals surface area contributed by atoms with Gasteiger partial charge in [0.1, 0.15) is 0 Å². The number of carbonyl (C=O) groups excluding carboxylic acids is 1. The van der Waals surface area contributed by atoms with Crippen molar-refractivity contribution in [2.75, 3.05) is 6.61 Å². The molecule has 0 aliphatic carbocycles. The number of nitrogens with zero attached hydrogens (tertiary/aromatic N) is 2. The smallest absolute Gasteiger partial charge is 0.272 e. The third kappa shape index (κ3) is 2.54. The van der Waals surface area contributed by atoms with E-state index in [-0.39, 0.29) is 35.3 Å². The van der Waals surface area contributed by atoms with Gasteiger partial charge >= 0.3 is 0 Å². The summed E-state index contributed by atoms with van der Waals surface area (Å²) in [5.41, 5.74) is -0.454. The van der Waals surface area contributed by atoms with Gasteiger partial charge in [-0.1, -0.05) is 17.7 Å². The minimum absolute atomic E-state index is 0.0295. The summed E-state index contributed by atoms with van der Waals surface area (Å²) in [5.74, 6) is -0.207. The summed E-state index contributed by atoms with van der Waals surface area (Å²) in [4.78, 5) is 27.7. The highest BCUT2D eigenvalue weighted by Gasteiger charge is 2.41. The van der Waals surface area contributed by atoms with Crippen LogP contribution in [-0.2, 0) is 16.2 Å². The zero-order valence-corrected chi connectivity index (χ0v) is 11.3. The molecule has 0 N–H and O–H groups in total. The quantitative estimate of drug-likeness (QED) is 0.631. The number of carbonyl (C=O) groups is 1. The molecule has 6 nitrogen and oxygen atoms in total. The highest BCUT2D eigenvalue weighted by Crippen LogP contribution is 2.32. The molecule has 1 aliphatic heterocycles. The van der Waals surface area contributed by atoms with Crippen molar-refractivity contribution in [1.82, 2.24) is 5.06 Å². The summed E-state index contributed by atoms with van der Waals surface area (Å²) in [6.07, 6.45) is 0. The predicted octanol–water partition coefficient (Wildman–Crippen LogP) is 2.55. The topological polar surface area (TPSA) is 72.7 Å². The van der Waals surface area contributed by atoms with E-state index in [9.17, 15) is 14.9 Å². The first-order valence-electron chi connectivity index (χ1n) is 5.69. The van der Waals surface area contributed by atoms with Crippen LogP contribution in [0, 0.1) is 15.5 Å². The molecule has 0 atom stereocenters. The molecule has 0 saturated carbocycles. The molecule has 1 aromatic rings. The van der Waals surface area contributed by atoms with Crippen LogP contribution in [0.5, 0.6) is 0 Å². The van der Waals surface area contributed by atoms with Gasteiger partial charge in [0, 0.05) is 6.07 Å². The van der Waals surface area contributed by atoms with E-state index in [1.807, 2.05) is 0 Å². The van der Waals surface area contributed by atoms with Crippen LogP contribution in [0.1, 0.15) is 19.4 Å². The summed E-state index contributed by atoms with van der Waals surface area (Å²) >= 11 is 5.97. The lowest BCUT2D eigenvalue weighted by atomic mass is 9.95.